The van der Waals surface area contributed by atoms with Crippen molar-refractivity contribution in [3.8, 4) is 11.5 Å². The van der Waals surface area contributed by atoms with Crippen LogP contribution in [0, 0.1) is 0 Å². The molecule has 0 fully saturated rings. The minimum Gasteiger partial charge on any atom is -0.493 e. The first-order valence-electron chi connectivity index (χ1n) is 10.6. The Hall–Kier alpha value is -3.54. The van der Waals surface area contributed by atoms with E-state index in [0.717, 1.165) is 12.8 Å². The fourth-order valence-electron chi connectivity index (χ4n) is 2.77. The quantitative estimate of drug-likeness (QED) is 0.263. The molecule has 2 rings (SSSR count). The van der Waals surface area contributed by atoms with Crippen LogP contribution >= 0.6 is 0 Å². The second kappa shape index (κ2) is 13.0. The molecule has 0 aliphatic carbocycles. The van der Waals surface area contributed by atoms with Crippen molar-refractivity contribution in [3.63, 3.8) is 0 Å². The van der Waals surface area contributed by atoms with E-state index in [4.69, 9.17) is 9.47 Å². The molecule has 2 aromatic carbocycles. The molecule has 6 nitrogen and oxygen atoms in total. The number of hydrogen-bond donors (Lipinski definition) is 0. The average Bonchev–Trinajstić information content (AvgIpc) is 2.78. The van der Waals surface area contributed by atoms with Crippen LogP contribution in [0.4, 0.5) is 0 Å². The SMILES string of the molecule is CN(C)/C=C/C(=O)c1ccccc1OCCCCOc1ccccc1C(=O)/C=C/N(C)C. The van der Waals surface area contributed by atoms with Crippen LogP contribution in [0.5, 0.6) is 11.5 Å². The van der Waals surface area contributed by atoms with Gasteiger partial charge in [-0.1, -0.05) is 24.3 Å². The minimum atomic E-state index is -0.0952. The fourth-order valence-corrected chi connectivity index (χ4v) is 2.77. The van der Waals surface area contributed by atoms with Crippen LogP contribution in [-0.2, 0) is 0 Å². The monoisotopic (exact) mass is 436 g/mol. The highest BCUT2D eigenvalue weighted by Gasteiger charge is 2.11. The van der Waals surface area contributed by atoms with Crippen LogP contribution in [-0.4, -0.2) is 62.8 Å². The van der Waals surface area contributed by atoms with Crippen LogP contribution in [0.1, 0.15) is 33.6 Å². The zero-order valence-corrected chi connectivity index (χ0v) is 19.3. The van der Waals surface area contributed by atoms with Crippen molar-refractivity contribution in [3.05, 3.63) is 84.2 Å². The van der Waals surface area contributed by atoms with Gasteiger partial charge in [0, 0.05) is 52.7 Å². The van der Waals surface area contributed by atoms with E-state index in [-0.39, 0.29) is 11.6 Å². The van der Waals surface area contributed by atoms with Crippen molar-refractivity contribution >= 4 is 11.6 Å². The van der Waals surface area contributed by atoms with Gasteiger partial charge in [-0.3, -0.25) is 9.59 Å². The molecule has 32 heavy (non-hydrogen) atoms. The Morgan fingerprint density at radius 3 is 1.44 bits per heavy atom. The molecule has 0 saturated heterocycles. The third kappa shape index (κ3) is 8.30. The molecule has 2 aromatic rings. The molecule has 6 heteroatoms. The van der Waals surface area contributed by atoms with Gasteiger partial charge in [0.05, 0.1) is 24.3 Å². The second-order valence-corrected chi connectivity index (χ2v) is 7.68. The van der Waals surface area contributed by atoms with Crippen LogP contribution in [0.25, 0.3) is 0 Å². The maximum Gasteiger partial charge on any atom is 0.191 e. The highest BCUT2D eigenvalue weighted by molar-refractivity contribution is 6.07. The minimum absolute atomic E-state index is 0.0952. The number of hydrogen-bond acceptors (Lipinski definition) is 6. The number of ketones is 2. The molecule has 0 N–H and O–H groups in total. The summed E-state index contributed by atoms with van der Waals surface area (Å²) >= 11 is 0. The van der Waals surface area contributed by atoms with Crippen molar-refractivity contribution in [2.45, 2.75) is 12.8 Å². The normalized spacial score (nSPS) is 11.0. The topological polar surface area (TPSA) is 59.1 Å². The summed E-state index contributed by atoms with van der Waals surface area (Å²) in [6.07, 6.45) is 8.01. The van der Waals surface area contributed by atoms with Gasteiger partial charge in [-0.15, -0.1) is 0 Å². The van der Waals surface area contributed by atoms with Gasteiger partial charge >= 0.3 is 0 Å². The summed E-state index contributed by atoms with van der Waals surface area (Å²) in [4.78, 5) is 28.4. The van der Waals surface area contributed by atoms with Crippen molar-refractivity contribution in [1.82, 2.24) is 9.80 Å². The predicted octanol–water partition coefficient (Wildman–Crippen LogP) is 4.44. The highest BCUT2D eigenvalue weighted by Crippen LogP contribution is 2.21. The van der Waals surface area contributed by atoms with E-state index in [1.54, 1.807) is 36.7 Å². The van der Waals surface area contributed by atoms with Gasteiger partial charge in [-0.25, -0.2) is 0 Å². The molecular weight excluding hydrogens is 404 g/mol. The maximum atomic E-state index is 12.4. The molecule has 0 atom stereocenters. The molecule has 0 heterocycles. The Kier molecular flexibility index (Phi) is 10.0. The summed E-state index contributed by atoms with van der Waals surface area (Å²) in [5.74, 6) is 0.959. The van der Waals surface area contributed by atoms with E-state index in [0.29, 0.717) is 35.8 Å². The van der Waals surface area contributed by atoms with Crippen LogP contribution in [0.3, 0.4) is 0 Å². The highest BCUT2D eigenvalue weighted by atomic mass is 16.5. The van der Waals surface area contributed by atoms with E-state index in [2.05, 4.69) is 0 Å². The molecule has 0 aliphatic heterocycles. The Bertz CT molecular complexity index is 871. The summed E-state index contributed by atoms with van der Waals surface area (Å²) in [7, 11) is 7.46. The third-order valence-electron chi connectivity index (χ3n) is 4.41. The predicted molar refractivity (Wildman–Crippen MR) is 127 cm³/mol. The summed E-state index contributed by atoms with van der Waals surface area (Å²) in [5, 5.41) is 0. The van der Waals surface area contributed by atoms with E-state index in [1.165, 1.54) is 12.2 Å². The zero-order valence-electron chi connectivity index (χ0n) is 19.3. The van der Waals surface area contributed by atoms with Crippen molar-refractivity contribution < 1.29 is 19.1 Å². The smallest absolute Gasteiger partial charge is 0.191 e. The average molecular weight is 437 g/mol. The van der Waals surface area contributed by atoms with Gasteiger partial charge in [-0.2, -0.15) is 0 Å². The lowest BCUT2D eigenvalue weighted by molar-refractivity contribution is 0.103. The number of rotatable bonds is 13. The molecule has 0 bridgehead atoms. The fraction of sp³-hybridized carbons (Fsp3) is 0.308. The molecule has 170 valence electrons. The number of nitrogens with zero attached hydrogens (tertiary/aromatic N) is 2. The molecule has 0 aromatic heterocycles. The zero-order chi connectivity index (χ0) is 23.3. The number of carbonyl (C=O) groups is 2. The van der Waals surface area contributed by atoms with Crippen LogP contribution < -0.4 is 9.47 Å². The molecule has 0 saturated carbocycles. The molecular formula is C26H32N2O4. The number of allylic oxidation sites excluding steroid dienone is 2. The second-order valence-electron chi connectivity index (χ2n) is 7.68. The molecule has 0 radical (unpaired) electrons. The first-order chi connectivity index (χ1) is 15.4. The number of para-hydroxylation sites is 2. The molecule has 0 unspecified atom stereocenters. The first-order valence-corrected chi connectivity index (χ1v) is 10.6. The van der Waals surface area contributed by atoms with Crippen molar-refractivity contribution in [2.75, 3.05) is 41.4 Å². The Balaban J connectivity index is 1.83. The van der Waals surface area contributed by atoms with Gasteiger partial charge < -0.3 is 19.3 Å². The van der Waals surface area contributed by atoms with Crippen molar-refractivity contribution in [2.24, 2.45) is 0 Å². The van der Waals surface area contributed by atoms with Crippen LogP contribution in [0.15, 0.2) is 73.1 Å². The van der Waals surface area contributed by atoms with Gasteiger partial charge in [0.15, 0.2) is 11.6 Å². The lowest BCUT2D eigenvalue weighted by atomic mass is 10.1. The number of benzene rings is 2. The summed E-state index contributed by atoms with van der Waals surface area (Å²) < 4.78 is 11.7. The lowest BCUT2D eigenvalue weighted by Gasteiger charge is -2.12. The summed E-state index contributed by atoms with van der Waals surface area (Å²) in [6.45, 7) is 0.939. The maximum absolute atomic E-state index is 12.4. The summed E-state index contributed by atoms with van der Waals surface area (Å²) in [6, 6.07) is 14.5. The number of unbranched alkanes of at least 4 members (excludes halogenated alkanes) is 1. The van der Waals surface area contributed by atoms with E-state index in [9.17, 15) is 9.59 Å². The molecule has 0 spiro atoms. The van der Waals surface area contributed by atoms with Crippen molar-refractivity contribution in [1.29, 1.82) is 0 Å². The number of carbonyl (C=O) groups excluding carboxylic acids is 2. The molecule has 0 amide bonds. The Morgan fingerprint density at radius 1 is 0.688 bits per heavy atom. The van der Waals surface area contributed by atoms with Gasteiger partial charge in [-0.05, 0) is 37.1 Å². The standard InChI is InChI=1S/C26H32N2O4/c1-27(2)17-15-23(29)21-11-5-7-13-25(21)31-19-9-10-20-32-26-14-8-6-12-22(26)24(30)16-18-28(3)4/h5-8,11-18H,9-10,19-20H2,1-4H3/b17-15+,18-16+. The van der Waals surface area contributed by atoms with E-state index < -0.39 is 0 Å². The Labute approximate surface area is 190 Å². The van der Waals surface area contributed by atoms with E-state index in [1.807, 2.05) is 62.3 Å². The third-order valence-corrected chi connectivity index (χ3v) is 4.41. The Morgan fingerprint density at radius 2 is 1.06 bits per heavy atom. The lowest BCUT2D eigenvalue weighted by Crippen LogP contribution is -2.08. The first kappa shape index (κ1) is 24.7. The van der Waals surface area contributed by atoms with Gasteiger partial charge in [0.2, 0.25) is 0 Å². The van der Waals surface area contributed by atoms with Gasteiger partial charge in [0.1, 0.15) is 11.5 Å². The van der Waals surface area contributed by atoms with Crippen LogP contribution in [0.2, 0.25) is 0 Å². The van der Waals surface area contributed by atoms with Gasteiger partial charge in [0.25, 0.3) is 0 Å². The summed E-state index contributed by atoms with van der Waals surface area (Å²) in [5.41, 5.74) is 1.08. The molecule has 0 aliphatic rings. The number of ether oxygens (including phenoxy) is 2. The largest absolute Gasteiger partial charge is 0.493 e. The van der Waals surface area contributed by atoms with E-state index >= 15 is 0 Å².